The molecule has 2 rings (SSSR count). The molecule has 1 unspecified atom stereocenters. The van der Waals surface area contributed by atoms with Crippen molar-refractivity contribution in [1.29, 1.82) is 0 Å². The van der Waals surface area contributed by atoms with Crippen LogP contribution in [0.25, 0.3) is 0 Å². The van der Waals surface area contributed by atoms with Gasteiger partial charge in [-0.15, -0.1) is 12.4 Å². The zero-order chi connectivity index (χ0) is 15.6. The van der Waals surface area contributed by atoms with Crippen molar-refractivity contribution < 1.29 is 9.59 Å². The van der Waals surface area contributed by atoms with Crippen molar-refractivity contribution in [2.45, 2.75) is 40.0 Å². The van der Waals surface area contributed by atoms with Crippen molar-refractivity contribution in [3.8, 4) is 0 Å². The maximum Gasteiger partial charge on any atom is 0.270 e. The van der Waals surface area contributed by atoms with Gasteiger partial charge in [-0.25, -0.2) is 0 Å². The van der Waals surface area contributed by atoms with Crippen molar-refractivity contribution in [1.82, 2.24) is 9.88 Å². The van der Waals surface area contributed by atoms with Crippen molar-refractivity contribution in [2.24, 2.45) is 11.7 Å². The molecule has 3 N–H and O–H groups in total. The van der Waals surface area contributed by atoms with Crippen LogP contribution in [0.2, 0.25) is 0 Å². The number of nitrogens with one attached hydrogen (secondary N) is 1. The highest BCUT2D eigenvalue weighted by Crippen LogP contribution is 2.25. The van der Waals surface area contributed by atoms with E-state index < -0.39 is 0 Å². The van der Waals surface area contributed by atoms with Crippen LogP contribution in [-0.4, -0.2) is 41.2 Å². The zero-order valence-electron chi connectivity index (χ0n) is 13.6. The van der Waals surface area contributed by atoms with E-state index in [-0.39, 0.29) is 24.1 Å². The van der Waals surface area contributed by atoms with Gasteiger partial charge in [0.05, 0.1) is 0 Å². The van der Waals surface area contributed by atoms with Gasteiger partial charge in [-0.1, -0.05) is 13.3 Å². The number of H-pyrrole nitrogens is 1. The van der Waals surface area contributed by atoms with Crippen LogP contribution in [-0.2, 0) is 6.42 Å². The fourth-order valence-electron chi connectivity index (χ4n) is 3.20. The van der Waals surface area contributed by atoms with Crippen LogP contribution in [0.4, 0.5) is 0 Å². The van der Waals surface area contributed by atoms with E-state index in [1.165, 1.54) is 0 Å². The molecule has 22 heavy (non-hydrogen) atoms. The van der Waals surface area contributed by atoms with E-state index in [4.69, 9.17) is 5.73 Å². The highest BCUT2D eigenvalue weighted by Gasteiger charge is 2.30. The number of carbonyl (C=O) groups is 2. The third-order valence-corrected chi connectivity index (χ3v) is 4.26. The van der Waals surface area contributed by atoms with Crippen LogP contribution >= 0.6 is 12.4 Å². The van der Waals surface area contributed by atoms with E-state index in [1.807, 2.05) is 11.8 Å². The van der Waals surface area contributed by atoms with Gasteiger partial charge in [0.2, 0.25) is 0 Å². The smallest absolute Gasteiger partial charge is 0.270 e. The number of ketones is 1. The van der Waals surface area contributed by atoms with Gasteiger partial charge in [-0.05, 0) is 44.7 Å². The summed E-state index contributed by atoms with van der Waals surface area (Å²) in [6.45, 7) is 7.56. The first-order valence-electron chi connectivity index (χ1n) is 7.71. The lowest BCUT2D eigenvalue weighted by Crippen LogP contribution is -2.30. The van der Waals surface area contributed by atoms with Crippen LogP contribution in [0.1, 0.15) is 58.8 Å². The van der Waals surface area contributed by atoms with Gasteiger partial charge in [-0.2, -0.15) is 0 Å². The molecular weight excluding hydrogens is 302 g/mol. The highest BCUT2D eigenvalue weighted by molar-refractivity contribution is 6.02. The fraction of sp³-hybridized carbons (Fsp3) is 0.625. The lowest BCUT2D eigenvalue weighted by molar-refractivity contribution is 0.0781. The second kappa shape index (κ2) is 7.79. The molecule has 1 aliphatic rings. The van der Waals surface area contributed by atoms with Gasteiger partial charge in [0, 0.05) is 24.3 Å². The monoisotopic (exact) mass is 327 g/mol. The molecule has 0 aromatic carbocycles. The maximum atomic E-state index is 12.7. The first-order chi connectivity index (χ1) is 9.99. The second-order valence-corrected chi connectivity index (χ2v) is 5.93. The third-order valence-electron chi connectivity index (χ3n) is 4.26. The van der Waals surface area contributed by atoms with Gasteiger partial charge in [-0.3, -0.25) is 9.59 Å². The number of aryl methyl sites for hydroxylation is 1. The Morgan fingerprint density at radius 2 is 2.09 bits per heavy atom. The molecule has 6 heteroatoms. The number of amides is 1. The van der Waals surface area contributed by atoms with Crippen LogP contribution in [0.3, 0.4) is 0 Å². The molecule has 1 fully saturated rings. The van der Waals surface area contributed by atoms with Crippen LogP contribution in [0, 0.1) is 12.8 Å². The summed E-state index contributed by atoms with van der Waals surface area (Å²) in [6.07, 6.45) is 2.61. The number of nitrogens with zero attached hydrogens (tertiary/aromatic N) is 1. The summed E-state index contributed by atoms with van der Waals surface area (Å²) >= 11 is 0. The van der Waals surface area contributed by atoms with E-state index in [9.17, 15) is 9.59 Å². The molecular formula is C16H26ClN3O2. The number of halogens is 1. The molecule has 0 bridgehead atoms. The Balaban J connectivity index is 0.00000242. The molecule has 1 amide bonds. The predicted molar refractivity (Wildman–Crippen MR) is 89.8 cm³/mol. The zero-order valence-corrected chi connectivity index (χ0v) is 14.4. The van der Waals surface area contributed by atoms with Crippen molar-refractivity contribution in [3.63, 3.8) is 0 Å². The molecule has 0 aliphatic carbocycles. The average molecular weight is 328 g/mol. The third kappa shape index (κ3) is 3.52. The quantitative estimate of drug-likeness (QED) is 0.814. The molecule has 1 saturated heterocycles. The molecule has 1 atom stereocenters. The highest BCUT2D eigenvalue weighted by atomic mass is 35.5. The minimum absolute atomic E-state index is 0. The van der Waals surface area contributed by atoms with Gasteiger partial charge in [0.1, 0.15) is 5.69 Å². The number of hydrogen-bond acceptors (Lipinski definition) is 3. The number of rotatable bonds is 5. The Hall–Kier alpha value is -1.33. The molecule has 5 nitrogen and oxygen atoms in total. The predicted octanol–water partition coefficient (Wildman–Crippen LogP) is 2.32. The molecule has 1 aromatic heterocycles. The van der Waals surface area contributed by atoms with Crippen molar-refractivity contribution in [3.05, 3.63) is 22.5 Å². The molecule has 1 aliphatic heterocycles. The molecule has 0 saturated carbocycles. The maximum absolute atomic E-state index is 12.7. The summed E-state index contributed by atoms with van der Waals surface area (Å²) in [5.74, 6) is 0.421. The van der Waals surface area contributed by atoms with E-state index in [1.54, 1.807) is 6.92 Å². The van der Waals surface area contributed by atoms with E-state index in [0.29, 0.717) is 30.3 Å². The lowest BCUT2D eigenvalue weighted by atomic mass is 10.0. The number of aromatic amines is 1. The minimum Gasteiger partial charge on any atom is -0.354 e. The summed E-state index contributed by atoms with van der Waals surface area (Å²) in [4.78, 5) is 29.6. The Bertz CT molecular complexity index is 554. The summed E-state index contributed by atoms with van der Waals surface area (Å²) < 4.78 is 0. The van der Waals surface area contributed by atoms with Crippen LogP contribution < -0.4 is 5.73 Å². The number of likely N-dealkylation sites (tertiary alicyclic amines) is 1. The second-order valence-electron chi connectivity index (χ2n) is 5.93. The van der Waals surface area contributed by atoms with Gasteiger partial charge >= 0.3 is 0 Å². The Morgan fingerprint density at radius 3 is 2.59 bits per heavy atom. The van der Waals surface area contributed by atoms with Gasteiger partial charge in [0.15, 0.2) is 5.78 Å². The lowest BCUT2D eigenvalue weighted by Gasteiger charge is -2.16. The number of nitrogens with two attached hydrogens (primary N) is 1. The number of hydrogen-bond donors (Lipinski definition) is 2. The van der Waals surface area contributed by atoms with Crippen LogP contribution in [0.5, 0.6) is 0 Å². The molecule has 124 valence electrons. The number of carbonyl (C=O) groups excluding carboxylic acids is 2. The first-order valence-corrected chi connectivity index (χ1v) is 7.71. The summed E-state index contributed by atoms with van der Waals surface area (Å²) in [5, 5.41) is 0. The summed E-state index contributed by atoms with van der Waals surface area (Å²) in [6, 6.07) is 0. The fourth-order valence-corrected chi connectivity index (χ4v) is 3.20. The molecule has 2 heterocycles. The summed E-state index contributed by atoms with van der Waals surface area (Å²) in [7, 11) is 0. The normalized spacial score (nSPS) is 17.5. The van der Waals surface area contributed by atoms with E-state index in [0.717, 1.165) is 37.1 Å². The van der Waals surface area contributed by atoms with Gasteiger partial charge in [0.25, 0.3) is 5.91 Å². The topological polar surface area (TPSA) is 79.2 Å². The minimum atomic E-state index is 0. The SMILES string of the molecule is CCCc1c(C(=O)N2CCC(CN)C2)[nH]c(C)c1C(C)=O.Cl. The molecule has 0 spiro atoms. The summed E-state index contributed by atoms with van der Waals surface area (Å²) in [5.41, 5.74) is 8.65. The standard InChI is InChI=1S/C16H25N3O2.ClH/c1-4-5-13-14(11(3)20)10(2)18-15(13)16(21)19-7-6-12(8-17)9-19;/h12,18H,4-9,17H2,1-3H3;1H. The van der Waals surface area contributed by atoms with Crippen LogP contribution in [0.15, 0.2) is 0 Å². The van der Waals surface area contributed by atoms with Crippen molar-refractivity contribution >= 4 is 24.1 Å². The average Bonchev–Trinajstić information content (AvgIpc) is 3.03. The Kier molecular flexibility index (Phi) is 6.63. The number of Topliss-reactive ketones (excluding diaryl/α,β-unsaturated/α-hetero) is 1. The Labute approximate surface area is 138 Å². The Morgan fingerprint density at radius 1 is 1.41 bits per heavy atom. The molecule has 0 radical (unpaired) electrons. The number of aromatic nitrogens is 1. The molecule has 1 aromatic rings. The first kappa shape index (κ1) is 18.7. The van der Waals surface area contributed by atoms with E-state index in [2.05, 4.69) is 11.9 Å². The van der Waals surface area contributed by atoms with Gasteiger partial charge < -0.3 is 15.6 Å². The van der Waals surface area contributed by atoms with E-state index >= 15 is 0 Å². The largest absolute Gasteiger partial charge is 0.354 e. The van der Waals surface area contributed by atoms with Crippen molar-refractivity contribution in [2.75, 3.05) is 19.6 Å².